The highest BCUT2D eigenvalue weighted by atomic mass is 32.2. The lowest BCUT2D eigenvalue weighted by molar-refractivity contribution is 0.102. The van der Waals surface area contributed by atoms with Gasteiger partial charge in [-0.2, -0.15) is 16.8 Å². The molecule has 0 saturated carbocycles. The maximum atomic E-state index is 14.6. The molecule has 12 nitrogen and oxygen atoms in total. The second-order valence-corrected chi connectivity index (χ2v) is 16.6. The van der Waals surface area contributed by atoms with Crippen LogP contribution in [0.5, 0.6) is 11.5 Å². The molecular formula is C41H34N2O10S2. The van der Waals surface area contributed by atoms with Crippen LogP contribution in [0.25, 0.3) is 22.0 Å². The molecule has 1 aliphatic rings. The first-order chi connectivity index (χ1) is 25.9. The summed E-state index contributed by atoms with van der Waals surface area (Å²) in [5, 5.41) is 3.27. The zero-order chi connectivity index (χ0) is 39.6. The number of ketones is 2. The van der Waals surface area contributed by atoms with Crippen LogP contribution >= 0.6 is 0 Å². The minimum absolute atomic E-state index is 0.0441. The van der Waals surface area contributed by atoms with Crippen LogP contribution in [0.4, 0.5) is 11.4 Å². The Labute approximate surface area is 316 Å². The minimum Gasteiger partial charge on any atom is -0.454 e. The van der Waals surface area contributed by atoms with E-state index in [1.54, 1.807) is 60.7 Å². The molecule has 1 heterocycles. The number of anilines is 2. The first kappa shape index (κ1) is 37.4. The lowest BCUT2D eigenvalue weighted by Gasteiger charge is -2.27. The summed E-state index contributed by atoms with van der Waals surface area (Å²) in [6, 6.07) is 25.5. The number of aromatic nitrogens is 1. The highest BCUT2D eigenvalue weighted by Crippen LogP contribution is 2.48. The van der Waals surface area contributed by atoms with Crippen LogP contribution in [0.15, 0.2) is 118 Å². The molecular weight excluding hydrogens is 745 g/mol. The van der Waals surface area contributed by atoms with Crippen molar-refractivity contribution in [3.8, 4) is 22.6 Å². The molecule has 0 radical (unpaired) electrons. The predicted octanol–water partition coefficient (Wildman–Crippen LogP) is 7.70. The van der Waals surface area contributed by atoms with E-state index in [-0.39, 0.29) is 66.5 Å². The number of carbonyl (C=O) groups excluding carboxylic acids is 2. The molecule has 0 amide bonds. The van der Waals surface area contributed by atoms with Gasteiger partial charge in [-0.15, -0.1) is 0 Å². The zero-order valence-corrected chi connectivity index (χ0v) is 31.6. The van der Waals surface area contributed by atoms with Crippen LogP contribution in [0.1, 0.15) is 64.6 Å². The number of pyridine rings is 1. The summed E-state index contributed by atoms with van der Waals surface area (Å²) in [6.45, 7) is 5.78. The second-order valence-electron chi connectivity index (χ2n) is 13.8. The van der Waals surface area contributed by atoms with Crippen LogP contribution in [0, 0.1) is 0 Å². The SMILES string of the molecule is CCC(C)(C)c1ccc(Oc2cc(Nc3ccc(S(=O)(=O)O)cc3)c3c4c(c(C(=O)c5ccccc5)c(=O)n(C)c24)-c2ccccc2C3=O)c(S(=O)(=O)O)c1. The fourth-order valence-corrected chi connectivity index (χ4v) is 7.91. The molecule has 0 atom stereocenters. The molecule has 0 bridgehead atoms. The lowest BCUT2D eigenvalue weighted by Crippen LogP contribution is -2.29. The molecule has 3 N–H and O–H groups in total. The molecule has 7 rings (SSSR count). The van der Waals surface area contributed by atoms with Gasteiger partial charge >= 0.3 is 0 Å². The molecule has 0 spiro atoms. The Bertz CT molecular complexity index is 2880. The fraction of sp³-hybridized carbons (Fsp3) is 0.146. The average molecular weight is 779 g/mol. The number of hydrogen-bond acceptors (Lipinski definition) is 9. The van der Waals surface area contributed by atoms with Crippen LogP contribution in [0.3, 0.4) is 0 Å². The number of rotatable bonds is 10. The van der Waals surface area contributed by atoms with Gasteiger partial charge in [0, 0.05) is 40.9 Å². The van der Waals surface area contributed by atoms with Crippen molar-refractivity contribution in [2.45, 2.75) is 42.4 Å². The van der Waals surface area contributed by atoms with E-state index in [4.69, 9.17) is 4.74 Å². The Morgan fingerprint density at radius 2 is 1.42 bits per heavy atom. The molecule has 1 aromatic heterocycles. The summed E-state index contributed by atoms with van der Waals surface area (Å²) in [5.74, 6) is -1.47. The van der Waals surface area contributed by atoms with Gasteiger partial charge in [-0.05, 0) is 59.4 Å². The van der Waals surface area contributed by atoms with E-state index in [0.29, 0.717) is 17.5 Å². The van der Waals surface area contributed by atoms with Crippen molar-refractivity contribution in [3.05, 3.63) is 141 Å². The van der Waals surface area contributed by atoms with Crippen molar-refractivity contribution in [2.24, 2.45) is 7.05 Å². The molecule has 1 aliphatic carbocycles. The summed E-state index contributed by atoms with van der Waals surface area (Å²) >= 11 is 0. The van der Waals surface area contributed by atoms with Gasteiger partial charge in [-0.3, -0.25) is 23.5 Å². The number of carbonyl (C=O) groups is 2. The van der Waals surface area contributed by atoms with E-state index in [0.717, 1.165) is 12.1 Å². The quantitative estimate of drug-likeness (QED) is 0.0913. The molecule has 280 valence electrons. The minimum atomic E-state index is -4.88. The van der Waals surface area contributed by atoms with Gasteiger partial charge in [0.05, 0.1) is 27.2 Å². The second kappa shape index (κ2) is 13.4. The summed E-state index contributed by atoms with van der Waals surface area (Å²) in [7, 11) is -8.00. The van der Waals surface area contributed by atoms with Crippen molar-refractivity contribution in [1.82, 2.24) is 4.57 Å². The third-order valence-corrected chi connectivity index (χ3v) is 11.8. The Kier molecular flexibility index (Phi) is 9.13. The number of benzene rings is 5. The number of ether oxygens (including phenoxy) is 1. The predicted molar refractivity (Wildman–Crippen MR) is 207 cm³/mol. The molecule has 0 unspecified atom stereocenters. The van der Waals surface area contributed by atoms with Crippen LogP contribution in [0.2, 0.25) is 0 Å². The Morgan fingerprint density at radius 3 is 2.04 bits per heavy atom. The molecule has 0 aliphatic heterocycles. The number of fused-ring (bicyclic) bond motifs is 2. The molecule has 55 heavy (non-hydrogen) atoms. The third kappa shape index (κ3) is 6.52. The van der Waals surface area contributed by atoms with Gasteiger partial charge in [0.25, 0.3) is 25.8 Å². The summed E-state index contributed by atoms with van der Waals surface area (Å²) in [6.07, 6.45) is 0.648. The lowest BCUT2D eigenvalue weighted by atomic mass is 9.79. The summed E-state index contributed by atoms with van der Waals surface area (Å²) in [4.78, 5) is 42.5. The van der Waals surface area contributed by atoms with Crippen molar-refractivity contribution in [1.29, 1.82) is 0 Å². The van der Waals surface area contributed by atoms with Crippen molar-refractivity contribution >= 4 is 54.1 Å². The van der Waals surface area contributed by atoms with Gasteiger partial charge in [0.1, 0.15) is 10.6 Å². The normalized spacial score (nSPS) is 12.7. The van der Waals surface area contributed by atoms with E-state index >= 15 is 0 Å². The van der Waals surface area contributed by atoms with Crippen LogP contribution < -0.4 is 15.6 Å². The van der Waals surface area contributed by atoms with Gasteiger partial charge in [-0.1, -0.05) is 81.4 Å². The first-order valence-electron chi connectivity index (χ1n) is 17.0. The smallest absolute Gasteiger partial charge is 0.298 e. The number of aryl methyl sites for hydroxylation is 1. The molecule has 14 heteroatoms. The number of hydrogen-bond donors (Lipinski definition) is 3. The van der Waals surface area contributed by atoms with Gasteiger partial charge in [0.15, 0.2) is 17.3 Å². The molecule has 0 fully saturated rings. The van der Waals surface area contributed by atoms with E-state index in [1.807, 2.05) is 20.8 Å². The average Bonchev–Trinajstić information content (AvgIpc) is 3.15. The maximum absolute atomic E-state index is 14.6. The summed E-state index contributed by atoms with van der Waals surface area (Å²) in [5.41, 5.74) is 0.568. The van der Waals surface area contributed by atoms with Crippen LogP contribution in [-0.4, -0.2) is 42.1 Å². The Balaban J connectivity index is 1.59. The summed E-state index contributed by atoms with van der Waals surface area (Å²) < 4.78 is 76.8. The third-order valence-electron chi connectivity index (χ3n) is 10.1. The Morgan fingerprint density at radius 1 is 0.782 bits per heavy atom. The zero-order valence-electron chi connectivity index (χ0n) is 29.9. The molecule has 5 aromatic carbocycles. The highest BCUT2D eigenvalue weighted by molar-refractivity contribution is 7.86. The van der Waals surface area contributed by atoms with E-state index in [9.17, 15) is 40.3 Å². The standard InChI is InChI=1S/C41H34N2O10S2/c1-5-41(2,3)24-15-20-30(32(21-24)55(50,51)52)53-31-22-29(42-25-16-18-26(19-17-25)54(47,48)49)34-35-33(27-13-9-10-14-28(27)39(34)45)36(40(46)43(4)37(31)35)38(44)23-11-7-6-8-12-23/h6-22,42H,5H2,1-4H3,(H,47,48,49)(H,50,51,52). The van der Waals surface area contributed by atoms with E-state index in [2.05, 4.69) is 5.32 Å². The Hall–Kier alpha value is -5.93. The monoisotopic (exact) mass is 778 g/mol. The van der Waals surface area contributed by atoms with Gasteiger partial charge in [0.2, 0.25) is 0 Å². The van der Waals surface area contributed by atoms with E-state index < -0.39 is 47.7 Å². The topological polar surface area (TPSA) is 186 Å². The first-order valence-corrected chi connectivity index (χ1v) is 19.9. The van der Waals surface area contributed by atoms with Crippen molar-refractivity contribution in [3.63, 3.8) is 0 Å². The maximum Gasteiger partial charge on any atom is 0.298 e. The largest absolute Gasteiger partial charge is 0.454 e. The van der Waals surface area contributed by atoms with Crippen molar-refractivity contribution < 1.29 is 40.3 Å². The van der Waals surface area contributed by atoms with E-state index in [1.165, 1.54) is 41.9 Å². The van der Waals surface area contributed by atoms with Gasteiger partial charge < -0.3 is 14.6 Å². The highest BCUT2D eigenvalue weighted by Gasteiger charge is 2.36. The van der Waals surface area contributed by atoms with Crippen molar-refractivity contribution in [2.75, 3.05) is 5.32 Å². The number of nitrogens with zero attached hydrogens (tertiary/aromatic N) is 1. The number of nitrogens with one attached hydrogen (secondary N) is 1. The van der Waals surface area contributed by atoms with Gasteiger partial charge in [-0.25, -0.2) is 0 Å². The molecule has 0 saturated heterocycles. The fourth-order valence-electron chi connectivity index (χ4n) is 6.79. The van der Waals surface area contributed by atoms with Crippen LogP contribution in [-0.2, 0) is 32.7 Å². The molecule has 6 aromatic rings.